The van der Waals surface area contributed by atoms with Gasteiger partial charge in [0.1, 0.15) is 0 Å². The van der Waals surface area contributed by atoms with E-state index in [0.717, 1.165) is 22.0 Å². The fourth-order valence-electron chi connectivity index (χ4n) is 4.38. The van der Waals surface area contributed by atoms with Gasteiger partial charge in [-0.3, -0.25) is 9.10 Å². The molecule has 0 atom stereocenters. The predicted octanol–water partition coefficient (Wildman–Crippen LogP) is 5.40. The first-order chi connectivity index (χ1) is 18.6. The van der Waals surface area contributed by atoms with E-state index in [2.05, 4.69) is 0 Å². The summed E-state index contributed by atoms with van der Waals surface area (Å²) in [5.41, 5.74) is 4.43. The number of ketones is 1. The van der Waals surface area contributed by atoms with Crippen molar-refractivity contribution in [2.45, 2.75) is 38.0 Å². The average molecular weight is 546 g/mol. The van der Waals surface area contributed by atoms with Crippen molar-refractivity contribution in [3.8, 4) is 0 Å². The molecule has 8 nitrogen and oxygen atoms in total. The van der Waals surface area contributed by atoms with Gasteiger partial charge >= 0.3 is 6.15 Å². The van der Waals surface area contributed by atoms with Gasteiger partial charge in [-0.05, 0) is 61.2 Å². The maximum Gasteiger partial charge on any atom is 0.373 e. The molecule has 0 saturated carbocycles. The first kappa shape index (κ1) is 29.2. The summed E-state index contributed by atoms with van der Waals surface area (Å²) in [5, 5.41) is 8.48. The predicted molar refractivity (Wildman–Crippen MR) is 151 cm³/mol. The topological polar surface area (TPSA) is 117 Å². The Hall–Kier alpha value is -4.33. The van der Waals surface area contributed by atoms with Crippen molar-refractivity contribution >= 4 is 44.3 Å². The zero-order chi connectivity index (χ0) is 28.6. The lowest BCUT2D eigenvalue weighted by Crippen LogP contribution is -2.31. The number of carbonyl (C=O) groups excluding carboxylic acids is 3. The molecule has 39 heavy (non-hydrogen) atoms. The number of Topliss-reactive ketones (excluding diaryl/α,β-unsaturated/α-hetero) is 1. The van der Waals surface area contributed by atoms with E-state index in [4.69, 9.17) is 15.0 Å². The van der Waals surface area contributed by atoms with Crippen molar-refractivity contribution in [1.82, 2.24) is 4.57 Å². The summed E-state index contributed by atoms with van der Waals surface area (Å²) in [4.78, 5) is 29.8. The van der Waals surface area contributed by atoms with Gasteiger partial charge in [-0.1, -0.05) is 49.4 Å². The lowest BCUT2D eigenvalue weighted by molar-refractivity contribution is -0.191. The first-order valence-corrected chi connectivity index (χ1v) is 13.9. The highest BCUT2D eigenvalue weighted by molar-refractivity contribution is 7.92. The van der Waals surface area contributed by atoms with Gasteiger partial charge in [0.25, 0.3) is 10.0 Å². The number of rotatable bonds is 10. The third-order valence-corrected chi connectivity index (χ3v) is 8.19. The molecule has 4 rings (SSSR count). The lowest BCUT2D eigenvalue weighted by Gasteiger charge is -2.24. The largest absolute Gasteiger partial charge is 0.373 e. The van der Waals surface area contributed by atoms with Crippen LogP contribution in [0, 0.1) is 5.41 Å². The minimum Gasteiger partial charge on any atom is -0.350 e. The Kier molecular flexibility index (Phi) is 9.71. The van der Waals surface area contributed by atoms with Crippen LogP contribution in [0.15, 0.2) is 83.9 Å². The van der Waals surface area contributed by atoms with Crippen LogP contribution >= 0.6 is 0 Å². The second kappa shape index (κ2) is 13.0. The molecule has 9 heteroatoms. The van der Waals surface area contributed by atoms with E-state index in [9.17, 15) is 13.2 Å². The Morgan fingerprint density at radius 3 is 2.23 bits per heavy atom. The maximum absolute atomic E-state index is 13.4. The minimum absolute atomic E-state index is 0.0121. The second-order valence-corrected chi connectivity index (χ2v) is 10.9. The molecule has 1 heterocycles. The number of sulfonamides is 1. The third kappa shape index (κ3) is 6.76. The fourth-order valence-corrected chi connectivity index (χ4v) is 5.95. The molecule has 0 bridgehead atoms. The zero-order valence-corrected chi connectivity index (χ0v) is 23.0. The highest BCUT2D eigenvalue weighted by Gasteiger charge is 2.25. The summed E-state index contributed by atoms with van der Waals surface area (Å²) < 4.78 is 30.2. The standard InChI is InChI=1S/C29H31N3O3S.CO2/c1-4-18-32(36(34,35)25-8-6-5-7-9-25)24-15-16-28-26(19-24)27(20-31(28)3)29(33)17-12-22-10-13-23(14-11-22)21(2)30;2-1-3/h5-11,13-16,19-20,30H,4,12,17-18H2,1-3H3;. The summed E-state index contributed by atoms with van der Waals surface area (Å²) in [6, 6.07) is 21.7. The van der Waals surface area contributed by atoms with Crippen LogP contribution in [0.4, 0.5) is 5.69 Å². The van der Waals surface area contributed by atoms with Gasteiger partial charge in [0.05, 0.1) is 10.6 Å². The van der Waals surface area contributed by atoms with Gasteiger partial charge in [-0.25, -0.2) is 8.42 Å². The number of hydrogen-bond acceptors (Lipinski definition) is 6. The fraction of sp³-hybridized carbons (Fsp3) is 0.233. The van der Waals surface area contributed by atoms with Crippen LogP contribution in [0.3, 0.4) is 0 Å². The summed E-state index contributed by atoms with van der Waals surface area (Å²) in [7, 11) is -1.85. The molecule has 202 valence electrons. The molecule has 0 aliphatic heterocycles. The molecule has 0 amide bonds. The van der Waals surface area contributed by atoms with E-state index in [1.807, 2.05) is 61.1 Å². The Morgan fingerprint density at radius 2 is 1.64 bits per heavy atom. The minimum atomic E-state index is -3.74. The number of aryl methyl sites for hydroxylation is 2. The number of carbonyl (C=O) groups is 1. The number of anilines is 1. The number of benzene rings is 3. The molecular formula is C30H31N3O5S. The number of fused-ring (bicyclic) bond motifs is 1. The lowest BCUT2D eigenvalue weighted by atomic mass is 10.0. The zero-order valence-electron chi connectivity index (χ0n) is 22.2. The highest BCUT2D eigenvalue weighted by atomic mass is 32.2. The van der Waals surface area contributed by atoms with E-state index in [0.29, 0.717) is 42.8 Å². The van der Waals surface area contributed by atoms with Crippen LogP contribution in [-0.4, -0.2) is 37.2 Å². The molecule has 0 radical (unpaired) electrons. The Bertz CT molecular complexity index is 1600. The molecule has 1 aromatic heterocycles. The van der Waals surface area contributed by atoms with Gasteiger partial charge in [-0.15, -0.1) is 0 Å². The van der Waals surface area contributed by atoms with E-state index in [1.54, 1.807) is 43.3 Å². The van der Waals surface area contributed by atoms with Crippen LogP contribution in [0.2, 0.25) is 0 Å². The van der Waals surface area contributed by atoms with Crippen LogP contribution in [0.5, 0.6) is 0 Å². The molecule has 0 spiro atoms. The third-order valence-electron chi connectivity index (χ3n) is 6.35. The van der Waals surface area contributed by atoms with Gasteiger partial charge in [0.15, 0.2) is 5.78 Å². The van der Waals surface area contributed by atoms with Crippen LogP contribution in [0.25, 0.3) is 10.9 Å². The molecular weight excluding hydrogens is 514 g/mol. The van der Waals surface area contributed by atoms with Crippen LogP contribution < -0.4 is 4.31 Å². The van der Waals surface area contributed by atoms with Gasteiger partial charge in [0.2, 0.25) is 0 Å². The summed E-state index contributed by atoms with van der Waals surface area (Å²) in [5.74, 6) is 0.0121. The van der Waals surface area contributed by atoms with Crippen molar-refractivity contribution in [3.05, 3.63) is 95.7 Å². The average Bonchev–Trinajstić information content (AvgIpc) is 3.27. The Morgan fingerprint density at radius 1 is 1.00 bits per heavy atom. The first-order valence-electron chi connectivity index (χ1n) is 12.5. The van der Waals surface area contributed by atoms with Crippen molar-refractivity contribution < 1.29 is 22.8 Å². The van der Waals surface area contributed by atoms with Crippen LogP contribution in [-0.2, 0) is 33.1 Å². The van der Waals surface area contributed by atoms with E-state index in [-0.39, 0.29) is 16.8 Å². The van der Waals surface area contributed by atoms with E-state index in [1.165, 1.54) is 4.31 Å². The number of nitrogens with zero attached hydrogens (tertiary/aromatic N) is 2. The molecule has 3 aromatic carbocycles. The van der Waals surface area contributed by atoms with Crippen molar-refractivity contribution in [2.75, 3.05) is 10.8 Å². The van der Waals surface area contributed by atoms with Crippen molar-refractivity contribution in [1.29, 1.82) is 5.41 Å². The molecule has 0 fully saturated rings. The number of aromatic nitrogens is 1. The van der Waals surface area contributed by atoms with E-state index >= 15 is 0 Å². The maximum atomic E-state index is 13.4. The monoisotopic (exact) mass is 545 g/mol. The van der Waals surface area contributed by atoms with Crippen molar-refractivity contribution in [3.63, 3.8) is 0 Å². The second-order valence-electron chi connectivity index (χ2n) is 9.07. The highest BCUT2D eigenvalue weighted by Crippen LogP contribution is 2.30. The molecule has 0 aliphatic carbocycles. The summed E-state index contributed by atoms with van der Waals surface area (Å²) in [6.45, 7) is 4.03. The number of hydrogen-bond donors (Lipinski definition) is 1. The molecule has 0 saturated heterocycles. The van der Waals surface area contributed by atoms with Gasteiger partial charge in [0, 0.05) is 48.4 Å². The SMILES string of the molecule is CCCN(c1ccc2c(c1)c(C(=O)CCc1ccc(C(C)=N)cc1)cn2C)S(=O)(=O)c1ccccc1.O=C=O. The Labute approximate surface area is 228 Å². The number of nitrogens with one attached hydrogen (secondary N) is 1. The summed E-state index contributed by atoms with van der Waals surface area (Å²) >= 11 is 0. The normalized spacial score (nSPS) is 10.8. The molecule has 0 aliphatic rings. The molecule has 0 unspecified atom stereocenters. The molecule has 4 aromatic rings. The quantitative estimate of drug-likeness (QED) is 0.211. The summed E-state index contributed by atoms with van der Waals surface area (Å²) in [6.07, 6.45) is 3.67. The van der Waals surface area contributed by atoms with Gasteiger partial charge < -0.3 is 9.98 Å². The van der Waals surface area contributed by atoms with Crippen molar-refractivity contribution in [2.24, 2.45) is 7.05 Å². The van der Waals surface area contributed by atoms with Crippen LogP contribution in [0.1, 0.15) is 48.2 Å². The smallest absolute Gasteiger partial charge is 0.350 e. The van der Waals surface area contributed by atoms with E-state index < -0.39 is 10.0 Å². The van der Waals surface area contributed by atoms with Gasteiger partial charge in [-0.2, -0.15) is 9.59 Å². The Balaban J connectivity index is 0.00000134. The molecule has 1 N–H and O–H groups in total.